The molecule has 1 saturated heterocycles. The summed E-state index contributed by atoms with van der Waals surface area (Å²) in [4.78, 5) is 34.9. The Balaban J connectivity index is 1.77. The van der Waals surface area contributed by atoms with Crippen molar-refractivity contribution >= 4 is 28.6 Å². The molecule has 0 spiro atoms. The average Bonchev–Trinajstić information content (AvgIpc) is 3.01. The molecule has 2 atom stereocenters. The van der Waals surface area contributed by atoms with Crippen LogP contribution in [0.15, 0.2) is 42.5 Å². The molecular formula is C18H18N2O4. The van der Waals surface area contributed by atoms with Gasteiger partial charge >= 0.3 is 5.97 Å². The Hall–Kier alpha value is -2.89. The van der Waals surface area contributed by atoms with E-state index in [-0.39, 0.29) is 12.3 Å². The van der Waals surface area contributed by atoms with E-state index in [2.05, 4.69) is 10.6 Å². The van der Waals surface area contributed by atoms with Gasteiger partial charge in [-0.25, -0.2) is 4.79 Å². The van der Waals surface area contributed by atoms with E-state index in [1.165, 1.54) is 0 Å². The predicted molar refractivity (Wildman–Crippen MR) is 88.4 cm³/mol. The molecule has 6 nitrogen and oxygen atoms in total. The first-order valence-electron chi connectivity index (χ1n) is 7.84. The zero-order chi connectivity index (χ0) is 17.1. The maximum absolute atomic E-state index is 12.2. The molecule has 24 heavy (non-hydrogen) atoms. The molecule has 3 N–H and O–H groups in total. The van der Waals surface area contributed by atoms with E-state index in [4.69, 9.17) is 0 Å². The molecule has 6 heteroatoms. The van der Waals surface area contributed by atoms with Gasteiger partial charge in [-0.3, -0.25) is 9.59 Å². The number of carbonyl (C=O) groups is 3. The van der Waals surface area contributed by atoms with Crippen molar-refractivity contribution in [3.8, 4) is 0 Å². The monoisotopic (exact) mass is 326 g/mol. The van der Waals surface area contributed by atoms with E-state index in [1.807, 2.05) is 42.5 Å². The van der Waals surface area contributed by atoms with Crippen molar-refractivity contribution in [2.45, 2.75) is 31.3 Å². The van der Waals surface area contributed by atoms with Gasteiger partial charge < -0.3 is 15.7 Å². The smallest absolute Gasteiger partial charge is 0.326 e. The van der Waals surface area contributed by atoms with E-state index in [0.29, 0.717) is 12.8 Å². The van der Waals surface area contributed by atoms with Gasteiger partial charge in [0.25, 0.3) is 0 Å². The van der Waals surface area contributed by atoms with Crippen LogP contribution in [-0.2, 0) is 20.8 Å². The molecule has 3 rings (SSSR count). The van der Waals surface area contributed by atoms with Gasteiger partial charge in [-0.2, -0.15) is 0 Å². The minimum Gasteiger partial charge on any atom is -0.480 e. The lowest BCUT2D eigenvalue weighted by molar-refractivity contribution is -0.142. The van der Waals surface area contributed by atoms with Crippen LogP contribution in [0.25, 0.3) is 10.8 Å². The Morgan fingerprint density at radius 2 is 1.96 bits per heavy atom. The quantitative estimate of drug-likeness (QED) is 0.770. The SMILES string of the molecule is O=C1CC[C@H](C(=O)N[C@@H](Cc2cccc3ccccc23)C(=O)O)N1. The summed E-state index contributed by atoms with van der Waals surface area (Å²) < 4.78 is 0. The van der Waals surface area contributed by atoms with Crippen molar-refractivity contribution < 1.29 is 19.5 Å². The molecule has 124 valence electrons. The minimum atomic E-state index is -1.10. The number of amides is 2. The third-order valence-corrected chi connectivity index (χ3v) is 4.23. The molecule has 2 aromatic rings. The summed E-state index contributed by atoms with van der Waals surface area (Å²) in [5.74, 6) is -1.73. The summed E-state index contributed by atoms with van der Waals surface area (Å²) in [6.45, 7) is 0. The highest BCUT2D eigenvalue weighted by atomic mass is 16.4. The number of nitrogens with one attached hydrogen (secondary N) is 2. The highest BCUT2D eigenvalue weighted by Crippen LogP contribution is 2.20. The van der Waals surface area contributed by atoms with E-state index in [1.54, 1.807) is 0 Å². The zero-order valence-electron chi connectivity index (χ0n) is 13.0. The van der Waals surface area contributed by atoms with Crippen LogP contribution in [0.2, 0.25) is 0 Å². The van der Waals surface area contributed by atoms with E-state index >= 15 is 0 Å². The second-order valence-electron chi connectivity index (χ2n) is 5.90. The maximum Gasteiger partial charge on any atom is 0.326 e. The van der Waals surface area contributed by atoms with Crippen LogP contribution in [0.4, 0.5) is 0 Å². The second-order valence-corrected chi connectivity index (χ2v) is 5.90. The molecule has 0 saturated carbocycles. The highest BCUT2D eigenvalue weighted by Gasteiger charge is 2.30. The molecule has 0 aromatic heterocycles. The molecule has 0 unspecified atom stereocenters. The van der Waals surface area contributed by atoms with Crippen molar-refractivity contribution in [3.05, 3.63) is 48.0 Å². The zero-order valence-corrected chi connectivity index (χ0v) is 13.0. The van der Waals surface area contributed by atoms with Crippen molar-refractivity contribution in [3.63, 3.8) is 0 Å². The van der Waals surface area contributed by atoms with Gasteiger partial charge in [0, 0.05) is 12.8 Å². The van der Waals surface area contributed by atoms with Crippen LogP contribution >= 0.6 is 0 Å². The number of carbonyl (C=O) groups excluding carboxylic acids is 2. The highest BCUT2D eigenvalue weighted by molar-refractivity contribution is 5.93. The molecule has 0 radical (unpaired) electrons. The second kappa shape index (κ2) is 6.70. The molecule has 0 bridgehead atoms. The van der Waals surface area contributed by atoms with Gasteiger partial charge in [-0.1, -0.05) is 42.5 Å². The first-order chi connectivity index (χ1) is 11.5. The van der Waals surface area contributed by atoms with Crippen molar-refractivity contribution in [1.82, 2.24) is 10.6 Å². The van der Waals surface area contributed by atoms with Crippen LogP contribution < -0.4 is 10.6 Å². The number of carboxylic acids is 1. The van der Waals surface area contributed by atoms with Crippen LogP contribution in [0.5, 0.6) is 0 Å². The minimum absolute atomic E-state index is 0.184. The molecule has 2 aromatic carbocycles. The number of rotatable bonds is 5. The largest absolute Gasteiger partial charge is 0.480 e. The van der Waals surface area contributed by atoms with E-state index in [0.717, 1.165) is 16.3 Å². The van der Waals surface area contributed by atoms with E-state index < -0.39 is 24.0 Å². The fraction of sp³-hybridized carbons (Fsp3) is 0.278. The fourth-order valence-corrected chi connectivity index (χ4v) is 2.97. The van der Waals surface area contributed by atoms with Crippen LogP contribution in [0.1, 0.15) is 18.4 Å². The normalized spacial score (nSPS) is 18.2. The maximum atomic E-state index is 12.2. The number of fused-ring (bicyclic) bond motifs is 1. The van der Waals surface area contributed by atoms with Crippen molar-refractivity contribution in [2.75, 3.05) is 0 Å². The third kappa shape index (κ3) is 3.37. The summed E-state index contributed by atoms with van der Waals surface area (Å²) in [7, 11) is 0. The Morgan fingerprint density at radius 3 is 2.67 bits per heavy atom. The number of hydrogen-bond acceptors (Lipinski definition) is 3. The van der Waals surface area contributed by atoms with Crippen molar-refractivity contribution in [2.24, 2.45) is 0 Å². The number of aliphatic carboxylic acids is 1. The van der Waals surface area contributed by atoms with Gasteiger partial charge in [0.15, 0.2) is 0 Å². The van der Waals surface area contributed by atoms with Crippen molar-refractivity contribution in [1.29, 1.82) is 0 Å². The lowest BCUT2D eigenvalue weighted by atomic mass is 9.98. The summed E-state index contributed by atoms with van der Waals surface area (Å²) >= 11 is 0. The van der Waals surface area contributed by atoms with Crippen LogP contribution in [-0.4, -0.2) is 35.0 Å². The summed E-state index contributed by atoms with van der Waals surface area (Å²) in [6.07, 6.45) is 0.869. The van der Waals surface area contributed by atoms with Crippen LogP contribution in [0, 0.1) is 0 Å². The van der Waals surface area contributed by atoms with Gasteiger partial charge in [-0.05, 0) is 22.8 Å². The topological polar surface area (TPSA) is 95.5 Å². The molecule has 2 amide bonds. The first-order valence-corrected chi connectivity index (χ1v) is 7.84. The lowest BCUT2D eigenvalue weighted by Gasteiger charge is -2.18. The molecule has 1 aliphatic rings. The summed E-state index contributed by atoms with van der Waals surface area (Å²) in [6, 6.07) is 11.7. The standard InChI is InChI=1S/C18H18N2O4/c21-16-9-8-14(19-16)17(22)20-15(18(23)24)10-12-6-3-5-11-4-1-2-7-13(11)12/h1-7,14-15H,8-10H2,(H,19,21)(H,20,22)(H,23,24)/t14-,15+/m1/s1. The van der Waals surface area contributed by atoms with Gasteiger partial charge in [-0.15, -0.1) is 0 Å². The van der Waals surface area contributed by atoms with Gasteiger partial charge in [0.2, 0.25) is 11.8 Å². The Labute approximate surface area is 138 Å². The molecule has 1 aliphatic heterocycles. The van der Waals surface area contributed by atoms with E-state index in [9.17, 15) is 19.5 Å². The van der Waals surface area contributed by atoms with Gasteiger partial charge in [0.05, 0.1) is 0 Å². The number of benzene rings is 2. The lowest BCUT2D eigenvalue weighted by Crippen LogP contribution is -2.49. The predicted octanol–water partition coefficient (Wildman–Crippen LogP) is 1.23. The summed E-state index contributed by atoms with van der Waals surface area (Å²) in [5.41, 5.74) is 0.858. The Morgan fingerprint density at radius 1 is 1.21 bits per heavy atom. The molecule has 1 heterocycles. The van der Waals surface area contributed by atoms with Crippen LogP contribution in [0.3, 0.4) is 0 Å². The Bertz CT molecular complexity index is 797. The first kappa shape index (κ1) is 16.0. The molecule has 0 aliphatic carbocycles. The number of carboxylic acid groups (broad SMARTS) is 1. The Kier molecular flexibility index (Phi) is 4.46. The fourth-order valence-electron chi connectivity index (χ4n) is 2.97. The molecule has 1 fully saturated rings. The molecular weight excluding hydrogens is 308 g/mol. The number of hydrogen-bond donors (Lipinski definition) is 3. The van der Waals surface area contributed by atoms with Gasteiger partial charge in [0.1, 0.15) is 12.1 Å². The third-order valence-electron chi connectivity index (χ3n) is 4.23. The summed E-state index contributed by atoms with van der Waals surface area (Å²) in [5, 5.41) is 16.5. The average molecular weight is 326 g/mol.